The highest BCUT2D eigenvalue weighted by molar-refractivity contribution is 5.70. The molecule has 0 unspecified atom stereocenters. The van der Waals surface area contributed by atoms with Crippen molar-refractivity contribution >= 4 is 6.09 Å². The van der Waals surface area contributed by atoms with Gasteiger partial charge in [0.2, 0.25) is 0 Å². The zero-order valence-corrected chi connectivity index (χ0v) is 14.8. The largest absolute Gasteiger partial charge is 0.444 e. The molecule has 0 atom stereocenters. The third-order valence-corrected chi connectivity index (χ3v) is 4.24. The van der Waals surface area contributed by atoms with Gasteiger partial charge in [0.25, 0.3) is 0 Å². The zero-order chi connectivity index (χ0) is 18.0. The SMILES string of the molecule is CC(C)(C)OC(=O)N1CC(c2cccc(-c3ccc(C#N)cc3)c2)C1. The normalized spacial score (nSPS) is 14.6. The molecule has 128 valence electrons. The summed E-state index contributed by atoms with van der Waals surface area (Å²) in [6, 6.07) is 18.1. The van der Waals surface area contributed by atoms with Crippen LogP contribution < -0.4 is 0 Å². The van der Waals surface area contributed by atoms with E-state index in [9.17, 15) is 4.79 Å². The zero-order valence-electron chi connectivity index (χ0n) is 14.8. The molecule has 4 nitrogen and oxygen atoms in total. The van der Waals surface area contributed by atoms with E-state index in [0.717, 1.165) is 11.1 Å². The summed E-state index contributed by atoms with van der Waals surface area (Å²) in [4.78, 5) is 13.8. The van der Waals surface area contributed by atoms with Gasteiger partial charge in [-0.1, -0.05) is 36.4 Å². The maximum Gasteiger partial charge on any atom is 0.410 e. The molecule has 1 heterocycles. The molecule has 0 saturated carbocycles. The van der Waals surface area contributed by atoms with Crippen molar-refractivity contribution in [1.82, 2.24) is 4.90 Å². The van der Waals surface area contributed by atoms with Crippen LogP contribution in [0.1, 0.15) is 37.8 Å². The molecular weight excluding hydrogens is 312 g/mol. The molecule has 2 aromatic carbocycles. The highest BCUT2D eigenvalue weighted by Crippen LogP contribution is 2.31. The van der Waals surface area contributed by atoms with Crippen LogP contribution in [-0.4, -0.2) is 29.7 Å². The van der Waals surface area contributed by atoms with E-state index in [4.69, 9.17) is 10.00 Å². The lowest BCUT2D eigenvalue weighted by molar-refractivity contribution is 0.00820. The highest BCUT2D eigenvalue weighted by atomic mass is 16.6. The molecule has 3 rings (SSSR count). The lowest BCUT2D eigenvalue weighted by atomic mass is 9.89. The van der Waals surface area contributed by atoms with Crippen molar-refractivity contribution in [3.63, 3.8) is 0 Å². The van der Waals surface area contributed by atoms with Gasteiger partial charge in [0, 0.05) is 19.0 Å². The minimum Gasteiger partial charge on any atom is -0.444 e. The number of hydrogen-bond donors (Lipinski definition) is 0. The lowest BCUT2D eigenvalue weighted by Crippen LogP contribution is -2.50. The Morgan fingerprint density at radius 2 is 1.80 bits per heavy atom. The van der Waals surface area contributed by atoms with E-state index < -0.39 is 5.60 Å². The summed E-state index contributed by atoms with van der Waals surface area (Å²) in [5, 5.41) is 8.90. The Hall–Kier alpha value is -2.80. The Labute approximate surface area is 148 Å². The second-order valence-corrected chi connectivity index (χ2v) is 7.40. The number of nitrogens with zero attached hydrogens (tertiary/aromatic N) is 2. The van der Waals surface area contributed by atoms with Gasteiger partial charge in [-0.2, -0.15) is 5.26 Å². The van der Waals surface area contributed by atoms with E-state index in [1.165, 1.54) is 5.56 Å². The van der Waals surface area contributed by atoms with Gasteiger partial charge in [0.15, 0.2) is 0 Å². The van der Waals surface area contributed by atoms with Crippen LogP contribution in [0, 0.1) is 11.3 Å². The van der Waals surface area contributed by atoms with Crippen molar-refractivity contribution in [2.24, 2.45) is 0 Å². The van der Waals surface area contributed by atoms with Crippen LogP contribution >= 0.6 is 0 Å². The second kappa shape index (κ2) is 6.60. The molecule has 0 spiro atoms. The van der Waals surface area contributed by atoms with E-state index in [-0.39, 0.29) is 6.09 Å². The van der Waals surface area contributed by atoms with E-state index in [1.807, 2.05) is 51.1 Å². The van der Waals surface area contributed by atoms with Gasteiger partial charge in [-0.3, -0.25) is 0 Å². The predicted molar refractivity (Wildman–Crippen MR) is 97.1 cm³/mol. The summed E-state index contributed by atoms with van der Waals surface area (Å²) in [6.07, 6.45) is -0.244. The molecule has 1 fully saturated rings. The van der Waals surface area contributed by atoms with Gasteiger partial charge < -0.3 is 9.64 Å². The number of carbonyl (C=O) groups is 1. The summed E-state index contributed by atoms with van der Waals surface area (Å²) in [7, 11) is 0. The van der Waals surface area contributed by atoms with Crippen LogP contribution in [0.15, 0.2) is 48.5 Å². The molecule has 0 aliphatic carbocycles. The average Bonchev–Trinajstić information content (AvgIpc) is 2.52. The molecule has 1 aliphatic heterocycles. The average molecular weight is 334 g/mol. The molecule has 1 saturated heterocycles. The van der Waals surface area contributed by atoms with Gasteiger partial charge in [-0.25, -0.2) is 4.79 Å². The number of ether oxygens (including phenoxy) is 1. The number of benzene rings is 2. The second-order valence-electron chi connectivity index (χ2n) is 7.40. The van der Waals surface area contributed by atoms with Crippen molar-refractivity contribution in [2.45, 2.75) is 32.3 Å². The van der Waals surface area contributed by atoms with Crippen molar-refractivity contribution in [3.8, 4) is 17.2 Å². The Morgan fingerprint density at radius 1 is 1.12 bits per heavy atom. The molecule has 1 aliphatic rings. The van der Waals surface area contributed by atoms with Crippen molar-refractivity contribution < 1.29 is 9.53 Å². The summed E-state index contributed by atoms with van der Waals surface area (Å²) in [6.45, 7) is 7.01. The van der Waals surface area contributed by atoms with Gasteiger partial charge in [-0.15, -0.1) is 0 Å². The number of carbonyl (C=O) groups excluding carboxylic acids is 1. The van der Waals surface area contributed by atoms with Crippen LogP contribution in [0.5, 0.6) is 0 Å². The molecular formula is C21H22N2O2. The molecule has 0 aromatic heterocycles. The summed E-state index contributed by atoms with van der Waals surface area (Å²) >= 11 is 0. The van der Waals surface area contributed by atoms with Crippen LogP contribution in [0.25, 0.3) is 11.1 Å². The first-order valence-corrected chi connectivity index (χ1v) is 8.44. The van der Waals surface area contributed by atoms with Crippen LogP contribution in [0.4, 0.5) is 4.79 Å². The maximum atomic E-state index is 12.0. The standard InChI is InChI=1S/C21H22N2O2/c1-21(2,3)25-20(24)23-13-19(14-23)18-6-4-5-17(11-18)16-9-7-15(12-22)8-10-16/h4-11,19H,13-14H2,1-3H3. The Bertz CT molecular complexity index is 807. The Balaban J connectivity index is 1.67. The molecule has 0 radical (unpaired) electrons. The fourth-order valence-electron chi connectivity index (χ4n) is 2.87. The molecule has 25 heavy (non-hydrogen) atoms. The van der Waals surface area contributed by atoms with Crippen molar-refractivity contribution in [3.05, 3.63) is 59.7 Å². The van der Waals surface area contributed by atoms with Gasteiger partial charge in [-0.05, 0) is 49.6 Å². The van der Waals surface area contributed by atoms with E-state index >= 15 is 0 Å². The number of likely N-dealkylation sites (tertiary alicyclic amines) is 1. The summed E-state index contributed by atoms with van der Waals surface area (Å²) in [5.74, 6) is 0.339. The first kappa shape index (κ1) is 17.0. The molecule has 4 heteroatoms. The van der Waals surface area contributed by atoms with E-state index in [1.54, 1.807) is 4.90 Å². The van der Waals surface area contributed by atoms with Gasteiger partial charge in [0.05, 0.1) is 11.6 Å². The number of rotatable bonds is 2. The first-order chi connectivity index (χ1) is 11.9. The highest BCUT2D eigenvalue weighted by Gasteiger charge is 2.34. The topological polar surface area (TPSA) is 53.3 Å². The molecule has 2 aromatic rings. The third kappa shape index (κ3) is 4.00. The lowest BCUT2D eigenvalue weighted by Gasteiger charge is -2.40. The molecule has 1 amide bonds. The maximum absolute atomic E-state index is 12.0. The minimum absolute atomic E-state index is 0.244. The number of hydrogen-bond acceptors (Lipinski definition) is 3. The van der Waals surface area contributed by atoms with Crippen molar-refractivity contribution in [2.75, 3.05) is 13.1 Å². The fourth-order valence-corrected chi connectivity index (χ4v) is 2.87. The third-order valence-electron chi connectivity index (χ3n) is 4.24. The summed E-state index contributed by atoms with van der Waals surface area (Å²) < 4.78 is 5.40. The van der Waals surface area contributed by atoms with Gasteiger partial charge in [0.1, 0.15) is 5.60 Å². The van der Waals surface area contributed by atoms with Gasteiger partial charge >= 0.3 is 6.09 Å². The molecule has 0 bridgehead atoms. The number of amides is 1. The Morgan fingerprint density at radius 3 is 2.40 bits per heavy atom. The van der Waals surface area contributed by atoms with Crippen molar-refractivity contribution in [1.29, 1.82) is 5.26 Å². The predicted octanol–water partition coefficient (Wildman–Crippen LogP) is 4.56. The molecule has 0 N–H and O–H groups in total. The van der Waals surface area contributed by atoms with Crippen LogP contribution in [-0.2, 0) is 4.74 Å². The first-order valence-electron chi connectivity index (χ1n) is 8.44. The van der Waals surface area contributed by atoms with E-state index in [2.05, 4.69) is 24.3 Å². The monoisotopic (exact) mass is 334 g/mol. The smallest absolute Gasteiger partial charge is 0.410 e. The van der Waals surface area contributed by atoms with Crippen LogP contribution in [0.2, 0.25) is 0 Å². The Kier molecular flexibility index (Phi) is 4.50. The summed E-state index contributed by atoms with van der Waals surface area (Å²) in [5.41, 5.74) is 3.63. The quantitative estimate of drug-likeness (QED) is 0.809. The number of nitriles is 1. The van der Waals surface area contributed by atoms with Crippen LogP contribution in [0.3, 0.4) is 0 Å². The van der Waals surface area contributed by atoms with E-state index in [0.29, 0.717) is 24.6 Å². The fraction of sp³-hybridized carbons (Fsp3) is 0.333. The minimum atomic E-state index is -0.461.